The van der Waals surface area contributed by atoms with Gasteiger partial charge in [-0.25, -0.2) is 8.78 Å². The van der Waals surface area contributed by atoms with E-state index in [2.05, 4.69) is 10.6 Å². The molecule has 1 saturated heterocycles. The SMILES string of the molecule is COCC1(CNC(=O)CCc2cc(F)ccc2F)CCNCC1. The van der Waals surface area contributed by atoms with Crippen LogP contribution in [0.25, 0.3) is 0 Å². The van der Waals surface area contributed by atoms with E-state index < -0.39 is 11.6 Å². The van der Waals surface area contributed by atoms with Gasteiger partial charge in [0.2, 0.25) is 5.91 Å². The van der Waals surface area contributed by atoms with Crippen LogP contribution < -0.4 is 10.6 Å². The summed E-state index contributed by atoms with van der Waals surface area (Å²) in [4.78, 5) is 12.0. The zero-order valence-electron chi connectivity index (χ0n) is 13.5. The number of aryl methyl sites for hydroxylation is 1. The molecular formula is C17H24F2N2O2. The third-order valence-electron chi connectivity index (χ3n) is 4.40. The van der Waals surface area contributed by atoms with Crippen molar-refractivity contribution < 1.29 is 18.3 Å². The van der Waals surface area contributed by atoms with Crippen LogP contribution in [0.2, 0.25) is 0 Å². The summed E-state index contributed by atoms with van der Waals surface area (Å²) >= 11 is 0. The molecule has 23 heavy (non-hydrogen) atoms. The lowest BCUT2D eigenvalue weighted by Gasteiger charge is -2.37. The summed E-state index contributed by atoms with van der Waals surface area (Å²) in [5.41, 5.74) is 0.188. The van der Waals surface area contributed by atoms with E-state index in [4.69, 9.17) is 4.74 Å². The van der Waals surface area contributed by atoms with Crippen molar-refractivity contribution in [2.24, 2.45) is 5.41 Å². The Morgan fingerprint density at radius 3 is 2.78 bits per heavy atom. The van der Waals surface area contributed by atoms with Gasteiger partial charge in [0.15, 0.2) is 0 Å². The van der Waals surface area contributed by atoms with E-state index >= 15 is 0 Å². The summed E-state index contributed by atoms with van der Waals surface area (Å²) in [7, 11) is 1.67. The van der Waals surface area contributed by atoms with Crippen LogP contribution in [0.4, 0.5) is 8.78 Å². The van der Waals surface area contributed by atoms with E-state index in [1.165, 1.54) is 0 Å². The first-order valence-corrected chi connectivity index (χ1v) is 7.95. The maximum Gasteiger partial charge on any atom is 0.220 e. The lowest BCUT2D eigenvalue weighted by molar-refractivity contribution is -0.122. The predicted octanol–water partition coefficient (Wildman–Crippen LogP) is 2.03. The second kappa shape index (κ2) is 8.36. The van der Waals surface area contributed by atoms with Crippen molar-refractivity contribution in [1.82, 2.24) is 10.6 Å². The normalized spacial score (nSPS) is 17.0. The number of methoxy groups -OCH3 is 1. The Kier molecular flexibility index (Phi) is 6.47. The molecule has 0 aliphatic carbocycles. The number of piperidine rings is 1. The molecule has 1 heterocycles. The van der Waals surface area contributed by atoms with Crippen molar-refractivity contribution in [3.05, 3.63) is 35.4 Å². The molecule has 0 spiro atoms. The Labute approximate surface area is 135 Å². The summed E-state index contributed by atoms with van der Waals surface area (Å²) in [6, 6.07) is 3.30. The smallest absolute Gasteiger partial charge is 0.220 e. The first-order valence-electron chi connectivity index (χ1n) is 7.95. The summed E-state index contributed by atoms with van der Waals surface area (Å²) in [5, 5.41) is 6.22. The molecule has 1 aliphatic rings. The Morgan fingerprint density at radius 2 is 2.09 bits per heavy atom. The van der Waals surface area contributed by atoms with Gasteiger partial charge < -0.3 is 15.4 Å². The van der Waals surface area contributed by atoms with Gasteiger partial charge in [-0.15, -0.1) is 0 Å². The van der Waals surface area contributed by atoms with Crippen LogP contribution in [0, 0.1) is 17.0 Å². The van der Waals surface area contributed by atoms with Gasteiger partial charge in [-0.2, -0.15) is 0 Å². The second-order valence-corrected chi connectivity index (χ2v) is 6.20. The van der Waals surface area contributed by atoms with Gasteiger partial charge in [-0.05, 0) is 56.1 Å². The highest BCUT2D eigenvalue weighted by Crippen LogP contribution is 2.28. The van der Waals surface area contributed by atoms with Gasteiger partial charge in [0, 0.05) is 25.5 Å². The zero-order valence-corrected chi connectivity index (χ0v) is 13.5. The molecule has 0 atom stereocenters. The maximum absolute atomic E-state index is 13.5. The highest BCUT2D eigenvalue weighted by molar-refractivity contribution is 5.76. The Balaban J connectivity index is 1.83. The fourth-order valence-corrected chi connectivity index (χ4v) is 2.99. The molecule has 6 heteroatoms. The molecule has 2 rings (SSSR count). The lowest BCUT2D eigenvalue weighted by atomic mass is 9.79. The number of nitrogens with one attached hydrogen (secondary N) is 2. The molecule has 0 bridgehead atoms. The molecule has 128 valence electrons. The molecule has 4 nitrogen and oxygen atoms in total. The van der Waals surface area contributed by atoms with Crippen molar-refractivity contribution in [2.75, 3.05) is 33.4 Å². The van der Waals surface area contributed by atoms with Crippen molar-refractivity contribution in [2.45, 2.75) is 25.7 Å². The van der Waals surface area contributed by atoms with Gasteiger partial charge >= 0.3 is 0 Å². The van der Waals surface area contributed by atoms with Crippen molar-refractivity contribution in [1.29, 1.82) is 0 Å². The number of amides is 1. The highest BCUT2D eigenvalue weighted by atomic mass is 19.1. The number of halogens is 2. The number of rotatable bonds is 7. The molecule has 1 fully saturated rings. The zero-order chi connectivity index (χ0) is 16.7. The summed E-state index contributed by atoms with van der Waals surface area (Å²) in [6.45, 7) is 2.97. The first kappa shape index (κ1) is 17.8. The number of carbonyl (C=O) groups is 1. The van der Waals surface area contributed by atoms with E-state index in [1.807, 2.05) is 0 Å². The minimum absolute atomic E-state index is 0.0419. The molecule has 0 unspecified atom stereocenters. The molecule has 2 N–H and O–H groups in total. The monoisotopic (exact) mass is 326 g/mol. The number of benzene rings is 1. The highest BCUT2D eigenvalue weighted by Gasteiger charge is 2.32. The van der Waals surface area contributed by atoms with Crippen LogP contribution in [0.3, 0.4) is 0 Å². The first-order chi connectivity index (χ1) is 11.0. The Bertz CT molecular complexity index is 526. The van der Waals surface area contributed by atoms with Gasteiger partial charge in [0.1, 0.15) is 11.6 Å². The molecule has 1 amide bonds. The van der Waals surface area contributed by atoms with Gasteiger partial charge in [-0.1, -0.05) is 0 Å². The largest absolute Gasteiger partial charge is 0.384 e. The van der Waals surface area contributed by atoms with Crippen LogP contribution in [-0.4, -0.2) is 39.3 Å². The third kappa shape index (κ3) is 5.25. The number of hydrogen-bond donors (Lipinski definition) is 2. The molecule has 0 aromatic heterocycles. The van der Waals surface area contributed by atoms with Gasteiger partial charge in [0.25, 0.3) is 0 Å². The van der Waals surface area contributed by atoms with Crippen molar-refractivity contribution >= 4 is 5.91 Å². The molecule has 1 aromatic rings. The fraction of sp³-hybridized carbons (Fsp3) is 0.588. The molecule has 0 radical (unpaired) electrons. The standard InChI is InChI=1S/C17H24F2N2O2/c1-23-12-17(6-8-20-9-7-17)11-21-16(22)5-2-13-10-14(18)3-4-15(13)19/h3-4,10,20H,2,5-9,11-12H2,1H3,(H,21,22). The van der Waals surface area contributed by atoms with E-state index in [0.717, 1.165) is 44.1 Å². The minimum atomic E-state index is -0.490. The molecule has 1 aromatic carbocycles. The van der Waals surface area contributed by atoms with Crippen LogP contribution >= 0.6 is 0 Å². The number of ether oxygens (including phenoxy) is 1. The quantitative estimate of drug-likeness (QED) is 0.806. The van der Waals surface area contributed by atoms with Crippen molar-refractivity contribution in [3.8, 4) is 0 Å². The second-order valence-electron chi connectivity index (χ2n) is 6.20. The Morgan fingerprint density at radius 1 is 1.35 bits per heavy atom. The minimum Gasteiger partial charge on any atom is -0.384 e. The van der Waals surface area contributed by atoms with E-state index in [1.54, 1.807) is 7.11 Å². The average molecular weight is 326 g/mol. The number of carbonyl (C=O) groups excluding carboxylic acids is 1. The van der Waals surface area contributed by atoms with Crippen LogP contribution in [0.1, 0.15) is 24.8 Å². The van der Waals surface area contributed by atoms with Crippen LogP contribution in [0.5, 0.6) is 0 Å². The van der Waals surface area contributed by atoms with Crippen LogP contribution in [-0.2, 0) is 16.0 Å². The average Bonchev–Trinajstić information content (AvgIpc) is 2.55. The topological polar surface area (TPSA) is 50.4 Å². The lowest BCUT2D eigenvalue weighted by Crippen LogP contribution is -2.47. The summed E-state index contributed by atoms with van der Waals surface area (Å²) in [6.07, 6.45) is 2.22. The van der Waals surface area contributed by atoms with Gasteiger partial charge in [0.05, 0.1) is 6.61 Å². The third-order valence-corrected chi connectivity index (χ3v) is 4.40. The maximum atomic E-state index is 13.5. The van der Waals surface area contributed by atoms with Gasteiger partial charge in [-0.3, -0.25) is 4.79 Å². The molecular weight excluding hydrogens is 302 g/mol. The number of hydrogen-bond acceptors (Lipinski definition) is 3. The summed E-state index contributed by atoms with van der Waals surface area (Å²) < 4.78 is 32.0. The van der Waals surface area contributed by atoms with E-state index in [9.17, 15) is 13.6 Å². The fourth-order valence-electron chi connectivity index (χ4n) is 2.99. The van der Waals surface area contributed by atoms with Crippen molar-refractivity contribution in [3.63, 3.8) is 0 Å². The predicted molar refractivity (Wildman–Crippen MR) is 84.1 cm³/mol. The molecule has 1 aliphatic heterocycles. The van der Waals surface area contributed by atoms with Crippen LogP contribution in [0.15, 0.2) is 18.2 Å². The van der Waals surface area contributed by atoms with E-state index in [-0.39, 0.29) is 29.7 Å². The Hall–Kier alpha value is -1.53. The summed E-state index contributed by atoms with van der Waals surface area (Å²) in [5.74, 6) is -1.12. The van der Waals surface area contributed by atoms with E-state index in [0.29, 0.717) is 13.2 Å². The molecule has 0 saturated carbocycles.